The summed E-state index contributed by atoms with van der Waals surface area (Å²) in [6, 6.07) is 7.11. The van der Waals surface area contributed by atoms with Gasteiger partial charge >= 0.3 is 11.9 Å². The number of rotatable bonds is 7. The molecule has 0 aliphatic carbocycles. The van der Waals surface area contributed by atoms with Crippen LogP contribution in [0.2, 0.25) is 0 Å². The van der Waals surface area contributed by atoms with Crippen molar-refractivity contribution in [1.82, 2.24) is 0 Å². The smallest absolute Gasteiger partial charge is 0.324 e. The van der Waals surface area contributed by atoms with Gasteiger partial charge in [-0.15, -0.1) is 0 Å². The average Bonchev–Trinajstić information content (AvgIpc) is 2.48. The van der Waals surface area contributed by atoms with Crippen LogP contribution in [0, 0.1) is 5.41 Å². The Morgan fingerprint density at radius 1 is 1.19 bits per heavy atom. The lowest BCUT2D eigenvalue weighted by atomic mass is 9.82. The monoisotopic (exact) mass is 294 g/mol. The number of carbonyl (C=O) groups excluding carboxylic acids is 1. The number of carbonyl (C=O) groups is 2. The molecule has 1 aromatic carbocycles. The molecule has 0 amide bonds. The van der Waals surface area contributed by atoms with Crippen molar-refractivity contribution in [3.63, 3.8) is 0 Å². The summed E-state index contributed by atoms with van der Waals surface area (Å²) in [5.74, 6) is -1.12. The molecule has 1 rings (SSSR count). The van der Waals surface area contributed by atoms with Crippen LogP contribution in [0.5, 0.6) is 5.75 Å². The zero-order valence-corrected chi connectivity index (χ0v) is 12.9. The molecule has 0 spiro atoms. The van der Waals surface area contributed by atoms with Crippen LogP contribution in [0.15, 0.2) is 24.3 Å². The molecule has 0 aromatic heterocycles. The second kappa shape index (κ2) is 7.11. The Hall–Kier alpha value is -2.04. The third-order valence-corrected chi connectivity index (χ3v) is 3.88. The maximum absolute atomic E-state index is 12.2. The van der Waals surface area contributed by atoms with E-state index in [0.29, 0.717) is 5.75 Å². The minimum Gasteiger partial charge on any atom is -0.497 e. The predicted octanol–water partition coefficient (Wildman–Crippen LogP) is 3.19. The SMILES string of the molecule is CCC(CC)(C(=O)O)C(=O)OC(C)c1ccc(OC)cc1. The van der Waals surface area contributed by atoms with Gasteiger partial charge in [0.2, 0.25) is 0 Å². The molecule has 0 bridgehead atoms. The number of hydrogen-bond donors (Lipinski definition) is 1. The van der Waals surface area contributed by atoms with E-state index in [1.54, 1.807) is 52.1 Å². The van der Waals surface area contributed by atoms with Gasteiger partial charge in [0.05, 0.1) is 7.11 Å². The van der Waals surface area contributed by atoms with Crippen molar-refractivity contribution in [1.29, 1.82) is 0 Å². The van der Waals surface area contributed by atoms with Crippen LogP contribution >= 0.6 is 0 Å². The number of esters is 1. The van der Waals surface area contributed by atoms with Crippen molar-refractivity contribution >= 4 is 11.9 Å². The van der Waals surface area contributed by atoms with Gasteiger partial charge in [0, 0.05) is 0 Å². The van der Waals surface area contributed by atoms with Gasteiger partial charge in [-0.2, -0.15) is 0 Å². The Labute approximate surface area is 124 Å². The van der Waals surface area contributed by atoms with Crippen LogP contribution in [0.1, 0.15) is 45.3 Å². The molecule has 0 aliphatic rings. The number of hydrogen-bond acceptors (Lipinski definition) is 4. The van der Waals surface area contributed by atoms with E-state index in [2.05, 4.69) is 0 Å². The van der Waals surface area contributed by atoms with Crippen molar-refractivity contribution in [3.8, 4) is 5.75 Å². The normalized spacial score (nSPS) is 12.6. The molecule has 1 unspecified atom stereocenters. The Morgan fingerprint density at radius 3 is 2.10 bits per heavy atom. The predicted molar refractivity (Wildman–Crippen MR) is 78.2 cm³/mol. The summed E-state index contributed by atoms with van der Waals surface area (Å²) in [4.78, 5) is 23.7. The third kappa shape index (κ3) is 3.54. The molecule has 0 saturated carbocycles. The lowest BCUT2D eigenvalue weighted by Crippen LogP contribution is -2.40. The fraction of sp³-hybridized carbons (Fsp3) is 0.500. The van der Waals surface area contributed by atoms with Crippen LogP contribution in [-0.2, 0) is 14.3 Å². The lowest BCUT2D eigenvalue weighted by molar-refractivity contribution is -0.173. The molecule has 1 N–H and O–H groups in total. The van der Waals surface area contributed by atoms with E-state index in [0.717, 1.165) is 5.56 Å². The standard InChI is InChI=1S/C16H22O5/c1-5-16(6-2,14(17)18)15(19)21-11(3)12-7-9-13(20-4)10-8-12/h7-11H,5-6H2,1-4H3,(H,17,18). The summed E-state index contributed by atoms with van der Waals surface area (Å²) in [6.45, 7) is 5.07. The summed E-state index contributed by atoms with van der Waals surface area (Å²) in [6.07, 6.45) is -0.111. The first-order valence-electron chi connectivity index (χ1n) is 6.99. The first-order chi connectivity index (χ1) is 9.91. The minimum atomic E-state index is -1.47. The molecule has 116 valence electrons. The van der Waals surface area contributed by atoms with Gasteiger partial charge in [0.1, 0.15) is 11.9 Å². The van der Waals surface area contributed by atoms with E-state index >= 15 is 0 Å². The average molecular weight is 294 g/mol. The van der Waals surface area contributed by atoms with Crippen LogP contribution in [-0.4, -0.2) is 24.2 Å². The third-order valence-electron chi connectivity index (χ3n) is 3.88. The summed E-state index contributed by atoms with van der Waals surface area (Å²) < 4.78 is 10.4. The molecule has 1 aromatic rings. The Morgan fingerprint density at radius 2 is 1.71 bits per heavy atom. The molecule has 21 heavy (non-hydrogen) atoms. The number of carboxylic acids is 1. The van der Waals surface area contributed by atoms with Gasteiger partial charge in [0.25, 0.3) is 0 Å². The molecule has 0 saturated heterocycles. The van der Waals surface area contributed by atoms with Gasteiger partial charge in [-0.05, 0) is 37.5 Å². The molecule has 1 atom stereocenters. The van der Waals surface area contributed by atoms with Crippen LogP contribution in [0.4, 0.5) is 0 Å². The molecule has 0 fully saturated rings. The summed E-state index contributed by atoms with van der Waals surface area (Å²) in [7, 11) is 1.57. The summed E-state index contributed by atoms with van der Waals surface area (Å²) >= 11 is 0. The number of methoxy groups -OCH3 is 1. The topological polar surface area (TPSA) is 72.8 Å². The highest BCUT2D eigenvalue weighted by atomic mass is 16.5. The van der Waals surface area contributed by atoms with Gasteiger partial charge in [0.15, 0.2) is 5.41 Å². The number of carboxylic acid groups (broad SMARTS) is 1. The maximum atomic E-state index is 12.2. The molecule has 5 nitrogen and oxygen atoms in total. The summed E-state index contributed by atoms with van der Waals surface area (Å²) in [5, 5.41) is 9.33. The van der Waals surface area contributed by atoms with E-state index < -0.39 is 23.5 Å². The zero-order chi connectivity index (χ0) is 16.0. The van der Waals surface area contributed by atoms with Crippen molar-refractivity contribution in [3.05, 3.63) is 29.8 Å². The van der Waals surface area contributed by atoms with E-state index in [4.69, 9.17) is 9.47 Å². The lowest BCUT2D eigenvalue weighted by Gasteiger charge is -2.26. The molecule has 0 radical (unpaired) electrons. The fourth-order valence-corrected chi connectivity index (χ4v) is 2.14. The largest absolute Gasteiger partial charge is 0.497 e. The van der Waals surface area contributed by atoms with E-state index in [1.165, 1.54) is 0 Å². The highest BCUT2D eigenvalue weighted by Crippen LogP contribution is 2.31. The molecular formula is C16H22O5. The second-order valence-electron chi connectivity index (χ2n) is 4.92. The number of aliphatic carboxylic acids is 1. The first kappa shape index (κ1) is 17.0. The maximum Gasteiger partial charge on any atom is 0.324 e. The van der Waals surface area contributed by atoms with Crippen molar-refractivity contribution < 1.29 is 24.2 Å². The van der Waals surface area contributed by atoms with E-state index in [1.807, 2.05) is 0 Å². The summed E-state index contributed by atoms with van der Waals surface area (Å²) in [5.41, 5.74) is -0.684. The Balaban J connectivity index is 2.87. The van der Waals surface area contributed by atoms with Crippen LogP contribution < -0.4 is 4.74 Å². The van der Waals surface area contributed by atoms with Crippen molar-refractivity contribution in [2.45, 2.75) is 39.7 Å². The quantitative estimate of drug-likeness (QED) is 0.617. The van der Waals surface area contributed by atoms with E-state index in [-0.39, 0.29) is 12.8 Å². The molecule has 5 heteroatoms. The minimum absolute atomic E-state index is 0.201. The van der Waals surface area contributed by atoms with Gasteiger partial charge in [-0.3, -0.25) is 9.59 Å². The van der Waals surface area contributed by atoms with Crippen molar-refractivity contribution in [2.24, 2.45) is 5.41 Å². The Bertz CT molecular complexity index is 488. The molecular weight excluding hydrogens is 272 g/mol. The van der Waals surface area contributed by atoms with Gasteiger partial charge in [-0.1, -0.05) is 26.0 Å². The van der Waals surface area contributed by atoms with Crippen molar-refractivity contribution in [2.75, 3.05) is 7.11 Å². The fourth-order valence-electron chi connectivity index (χ4n) is 2.14. The highest BCUT2D eigenvalue weighted by Gasteiger charge is 2.45. The number of benzene rings is 1. The van der Waals surface area contributed by atoms with E-state index in [9.17, 15) is 14.7 Å². The molecule has 0 heterocycles. The Kier molecular flexibility index (Phi) is 5.76. The van der Waals surface area contributed by atoms with Gasteiger partial charge in [-0.25, -0.2) is 0 Å². The van der Waals surface area contributed by atoms with Crippen LogP contribution in [0.3, 0.4) is 0 Å². The first-order valence-corrected chi connectivity index (χ1v) is 6.99. The molecule has 0 aliphatic heterocycles. The number of ether oxygens (including phenoxy) is 2. The van der Waals surface area contributed by atoms with Gasteiger partial charge < -0.3 is 14.6 Å². The highest BCUT2D eigenvalue weighted by molar-refractivity contribution is 5.99. The second-order valence-corrected chi connectivity index (χ2v) is 4.92. The van der Waals surface area contributed by atoms with Crippen LogP contribution in [0.25, 0.3) is 0 Å². The zero-order valence-electron chi connectivity index (χ0n) is 12.9.